The Morgan fingerprint density at radius 2 is 2.07 bits per heavy atom. The van der Waals surface area contributed by atoms with Crippen molar-refractivity contribution in [1.29, 1.82) is 0 Å². The number of carbonyl (C=O) groups excluding carboxylic acids is 1. The van der Waals surface area contributed by atoms with Gasteiger partial charge in [-0.1, -0.05) is 22.9 Å². The molecular formula is C21H26ClN5O2S. The molecule has 4 rings (SSSR count). The summed E-state index contributed by atoms with van der Waals surface area (Å²) in [7, 11) is 0. The molecule has 1 aromatic carbocycles. The number of carbonyl (C=O) groups is 1. The number of amides is 1. The van der Waals surface area contributed by atoms with Gasteiger partial charge in [0, 0.05) is 36.9 Å². The molecule has 1 fully saturated rings. The maximum absolute atomic E-state index is 13.3. The van der Waals surface area contributed by atoms with Crippen molar-refractivity contribution in [2.75, 3.05) is 44.3 Å². The zero-order valence-corrected chi connectivity index (χ0v) is 18.9. The molecule has 0 radical (unpaired) electrons. The van der Waals surface area contributed by atoms with Gasteiger partial charge in [-0.25, -0.2) is 4.98 Å². The fraction of sp³-hybridized carbons (Fsp3) is 0.476. The van der Waals surface area contributed by atoms with Gasteiger partial charge in [0.1, 0.15) is 6.54 Å². The summed E-state index contributed by atoms with van der Waals surface area (Å²) in [4.78, 5) is 22.2. The van der Waals surface area contributed by atoms with Gasteiger partial charge in [-0.15, -0.1) is 0 Å². The number of halogens is 1. The lowest BCUT2D eigenvalue weighted by Gasteiger charge is -2.27. The highest BCUT2D eigenvalue weighted by atomic mass is 35.5. The minimum absolute atomic E-state index is 0.00618. The van der Waals surface area contributed by atoms with Crippen LogP contribution in [0.5, 0.6) is 0 Å². The fourth-order valence-electron chi connectivity index (χ4n) is 3.65. The van der Waals surface area contributed by atoms with Crippen LogP contribution in [0, 0.1) is 13.8 Å². The number of hydrogen-bond acceptors (Lipinski definition) is 6. The summed E-state index contributed by atoms with van der Waals surface area (Å²) in [5, 5.41) is 5.83. The van der Waals surface area contributed by atoms with Gasteiger partial charge in [0.2, 0.25) is 0 Å². The Labute approximate surface area is 185 Å². The number of morpholine rings is 1. The Morgan fingerprint density at radius 3 is 2.80 bits per heavy atom. The van der Waals surface area contributed by atoms with E-state index in [4.69, 9.17) is 21.3 Å². The van der Waals surface area contributed by atoms with Gasteiger partial charge in [-0.3, -0.25) is 19.3 Å². The van der Waals surface area contributed by atoms with Crippen LogP contribution in [0.25, 0.3) is 10.2 Å². The average Bonchev–Trinajstić information content (AvgIpc) is 3.27. The quantitative estimate of drug-likeness (QED) is 0.554. The third-order valence-corrected chi connectivity index (χ3v) is 6.50. The molecule has 7 nitrogen and oxygen atoms in total. The predicted molar refractivity (Wildman–Crippen MR) is 121 cm³/mol. The highest BCUT2D eigenvalue weighted by Crippen LogP contribution is 2.31. The number of fused-ring (bicyclic) bond motifs is 1. The first-order chi connectivity index (χ1) is 14.5. The van der Waals surface area contributed by atoms with Crippen molar-refractivity contribution in [2.24, 2.45) is 0 Å². The molecule has 0 unspecified atom stereocenters. The van der Waals surface area contributed by atoms with E-state index < -0.39 is 0 Å². The molecule has 160 valence electrons. The molecule has 0 atom stereocenters. The molecule has 9 heteroatoms. The number of thiazole rings is 1. The fourth-order valence-corrected chi connectivity index (χ4v) is 4.94. The number of ether oxygens (including phenoxy) is 1. The number of benzene rings is 1. The van der Waals surface area contributed by atoms with Crippen LogP contribution in [0.1, 0.15) is 17.8 Å². The minimum Gasteiger partial charge on any atom is -0.379 e. The number of nitrogens with zero attached hydrogens (tertiary/aromatic N) is 5. The van der Waals surface area contributed by atoms with E-state index in [0.717, 1.165) is 60.9 Å². The van der Waals surface area contributed by atoms with E-state index in [0.29, 0.717) is 16.7 Å². The Balaban J connectivity index is 1.52. The second kappa shape index (κ2) is 9.43. The molecule has 0 aliphatic carbocycles. The van der Waals surface area contributed by atoms with E-state index in [1.54, 1.807) is 9.58 Å². The monoisotopic (exact) mass is 447 g/mol. The summed E-state index contributed by atoms with van der Waals surface area (Å²) in [6, 6.07) is 7.61. The second-order valence-corrected chi connectivity index (χ2v) is 8.99. The van der Waals surface area contributed by atoms with E-state index in [1.165, 1.54) is 11.3 Å². The maximum Gasteiger partial charge on any atom is 0.250 e. The van der Waals surface area contributed by atoms with Crippen LogP contribution in [0.15, 0.2) is 24.3 Å². The van der Waals surface area contributed by atoms with E-state index in [-0.39, 0.29) is 12.5 Å². The van der Waals surface area contributed by atoms with Crippen LogP contribution >= 0.6 is 22.9 Å². The molecule has 3 heterocycles. The summed E-state index contributed by atoms with van der Waals surface area (Å²) in [5.41, 5.74) is 2.75. The summed E-state index contributed by atoms with van der Waals surface area (Å²) < 4.78 is 8.16. The van der Waals surface area contributed by atoms with Crippen molar-refractivity contribution in [3.05, 3.63) is 40.7 Å². The second-order valence-electron chi connectivity index (χ2n) is 7.55. The van der Waals surface area contributed by atoms with E-state index in [2.05, 4.69) is 10.00 Å². The number of aromatic nitrogens is 3. The molecule has 0 saturated carbocycles. The first-order valence-electron chi connectivity index (χ1n) is 10.2. The molecule has 0 bridgehead atoms. The van der Waals surface area contributed by atoms with Gasteiger partial charge < -0.3 is 4.74 Å². The molecule has 0 N–H and O–H groups in total. The lowest BCUT2D eigenvalue weighted by Crippen LogP contribution is -2.40. The molecule has 1 aliphatic heterocycles. The Hall–Kier alpha value is -2.00. The molecule has 1 amide bonds. The van der Waals surface area contributed by atoms with Crippen molar-refractivity contribution in [3.8, 4) is 0 Å². The van der Waals surface area contributed by atoms with Gasteiger partial charge in [0.15, 0.2) is 5.13 Å². The van der Waals surface area contributed by atoms with Crippen LogP contribution in [0.4, 0.5) is 5.13 Å². The van der Waals surface area contributed by atoms with Crippen molar-refractivity contribution in [1.82, 2.24) is 19.7 Å². The van der Waals surface area contributed by atoms with Crippen molar-refractivity contribution >= 4 is 44.2 Å². The number of rotatable bonds is 7. The number of aryl methyl sites for hydroxylation is 2. The van der Waals surface area contributed by atoms with Gasteiger partial charge in [0.25, 0.3) is 5.91 Å². The minimum atomic E-state index is -0.00618. The highest BCUT2D eigenvalue weighted by molar-refractivity contribution is 7.22. The molecule has 1 aliphatic rings. The normalized spacial score (nSPS) is 15.0. The standard InChI is InChI=1S/C21H26ClN5O2S/c1-15-12-16(2)27(24-15)14-20(28)26(7-3-6-25-8-10-29-11-9-25)21-23-18-5-4-17(22)13-19(18)30-21/h4-5,12-13H,3,6-11,14H2,1-2H3. The molecule has 3 aromatic rings. The predicted octanol–water partition coefficient (Wildman–Crippen LogP) is 3.52. The lowest BCUT2D eigenvalue weighted by molar-refractivity contribution is -0.119. The summed E-state index contributed by atoms with van der Waals surface area (Å²) >= 11 is 7.64. The molecule has 0 spiro atoms. The van der Waals surface area contributed by atoms with Gasteiger partial charge in [-0.2, -0.15) is 5.10 Å². The highest BCUT2D eigenvalue weighted by Gasteiger charge is 2.22. The van der Waals surface area contributed by atoms with Gasteiger partial charge in [0.05, 0.1) is 29.1 Å². The van der Waals surface area contributed by atoms with Crippen LogP contribution in [0.3, 0.4) is 0 Å². The topological polar surface area (TPSA) is 63.5 Å². The number of anilines is 1. The molecular weight excluding hydrogens is 422 g/mol. The van der Waals surface area contributed by atoms with E-state index in [9.17, 15) is 4.79 Å². The summed E-state index contributed by atoms with van der Waals surface area (Å²) in [6.07, 6.45) is 0.875. The van der Waals surface area contributed by atoms with Crippen LogP contribution < -0.4 is 4.90 Å². The largest absolute Gasteiger partial charge is 0.379 e. The smallest absolute Gasteiger partial charge is 0.250 e. The Bertz CT molecular complexity index is 1030. The molecule has 30 heavy (non-hydrogen) atoms. The third kappa shape index (κ3) is 5.00. The van der Waals surface area contributed by atoms with E-state index >= 15 is 0 Å². The Kier molecular flexibility index (Phi) is 6.67. The molecule has 1 saturated heterocycles. The SMILES string of the molecule is Cc1cc(C)n(CC(=O)N(CCCN2CCOCC2)c2nc3ccc(Cl)cc3s2)n1. The lowest BCUT2D eigenvalue weighted by atomic mass is 10.3. The van der Waals surface area contributed by atoms with Crippen LogP contribution in [-0.4, -0.2) is 65.0 Å². The maximum atomic E-state index is 13.3. The van der Waals surface area contributed by atoms with Gasteiger partial charge >= 0.3 is 0 Å². The van der Waals surface area contributed by atoms with Crippen LogP contribution in [0.2, 0.25) is 5.02 Å². The van der Waals surface area contributed by atoms with E-state index in [1.807, 2.05) is 38.1 Å². The zero-order valence-electron chi connectivity index (χ0n) is 17.3. The Morgan fingerprint density at radius 1 is 1.27 bits per heavy atom. The first kappa shape index (κ1) is 21.2. The average molecular weight is 448 g/mol. The van der Waals surface area contributed by atoms with Crippen molar-refractivity contribution in [3.63, 3.8) is 0 Å². The van der Waals surface area contributed by atoms with Crippen molar-refractivity contribution < 1.29 is 9.53 Å². The zero-order chi connectivity index (χ0) is 21.1. The van der Waals surface area contributed by atoms with Crippen molar-refractivity contribution in [2.45, 2.75) is 26.8 Å². The summed E-state index contributed by atoms with van der Waals surface area (Å²) in [5.74, 6) is -0.00618. The van der Waals surface area contributed by atoms with Gasteiger partial charge in [-0.05, 0) is 44.5 Å². The first-order valence-corrected chi connectivity index (χ1v) is 11.4. The third-order valence-electron chi connectivity index (χ3n) is 5.22. The summed E-state index contributed by atoms with van der Waals surface area (Å²) in [6.45, 7) is 9.10. The molecule has 2 aromatic heterocycles. The number of hydrogen-bond donors (Lipinski definition) is 0. The van der Waals surface area contributed by atoms with Crippen LogP contribution in [-0.2, 0) is 16.1 Å².